The van der Waals surface area contributed by atoms with Gasteiger partial charge in [0.25, 0.3) is 5.91 Å². The monoisotopic (exact) mass is 376 g/mol. The molecule has 1 heterocycles. The summed E-state index contributed by atoms with van der Waals surface area (Å²) in [5.41, 5.74) is 0.268. The van der Waals surface area contributed by atoms with E-state index < -0.39 is 25.8 Å². The summed E-state index contributed by atoms with van der Waals surface area (Å²) in [6, 6.07) is 5.55. The van der Waals surface area contributed by atoms with Crippen LogP contribution in [-0.2, 0) is 24.6 Å². The van der Waals surface area contributed by atoms with E-state index in [1.165, 1.54) is 28.6 Å². The molecule has 8 nitrogen and oxygen atoms in total. The Labute approximate surface area is 141 Å². The van der Waals surface area contributed by atoms with Gasteiger partial charge in [0, 0.05) is 31.5 Å². The van der Waals surface area contributed by atoms with E-state index in [9.17, 15) is 21.6 Å². The van der Waals surface area contributed by atoms with E-state index in [1.807, 2.05) is 0 Å². The summed E-state index contributed by atoms with van der Waals surface area (Å²) in [6.45, 7) is 1.33. The number of hydrogen-bond acceptors (Lipinski definition) is 6. The van der Waals surface area contributed by atoms with Gasteiger partial charge in [-0.25, -0.2) is 16.8 Å². The number of morpholine rings is 1. The van der Waals surface area contributed by atoms with E-state index in [2.05, 4.69) is 5.32 Å². The molecule has 1 saturated heterocycles. The van der Waals surface area contributed by atoms with Gasteiger partial charge in [0.15, 0.2) is 0 Å². The van der Waals surface area contributed by atoms with Crippen LogP contribution < -0.4 is 5.32 Å². The molecule has 0 aliphatic carbocycles. The molecule has 1 N–H and O–H groups in total. The highest BCUT2D eigenvalue weighted by Gasteiger charge is 2.26. The maximum atomic E-state index is 12.5. The van der Waals surface area contributed by atoms with Crippen LogP contribution in [0.3, 0.4) is 0 Å². The highest BCUT2D eigenvalue weighted by molar-refractivity contribution is 7.90. The Kier molecular flexibility index (Phi) is 5.97. The molecule has 1 aliphatic rings. The minimum Gasteiger partial charge on any atom is -0.379 e. The Morgan fingerprint density at radius 1 is 1.12 bits per heavy atom. The van der Waals surface area contributed by atoms with Crippen molar-refractivity contribution >= 4 is 25.8 Å². The average molecular weight is 376 g/mol. The molecule has 0 spiro atoms. The first-order valence-electron chi connectivity index (χ1n) is 7.34. The normalized spacial score (nSPS) is 16.7. The number of ether oxygens (including phenoxy) is 1. The van der Waals surface area contributed by atoms with E-state index >= 15 is 0 Å². The topological polar surface area (TPSA) is 110 Å². The molecular weight excluding hydrogens is 356 g/mol. The lowest BCUT2D eigenvalue weighted by atomic mass is 10.2. The van der Waals surface area contributed by atoms with Crippen molar-refractivity contribution in [2.24, 2.45) is 0 Å². The molecule has 1 aromatic carbocycles. The fourth-order valence-corrected chi connectivity index (χ4v) is 4.05. The van der Waals surface area contributed by atoms with Crippen LogP contribution in [0.4, 0.5) is 0 Å². The molecule has 0 radical (unpaired) electrons. The van der Waals surface area contributed by atoms with Crippen molar-refractivity contribution in [3.63, 3.8) is 0 Å². The van der Waals surface area contributed by atoms with Crippen LogP contribution in [0.25, 0.3) is 0 Å². The first kappa shape index (κ1) is 18.8. The van der Waals surface area contributed by atoms with Crippen LogP contribution in [0.15, 0.2) is 29.2 Å². The summed E-state index contributed by atoms with van der Waals surface area (Å²) in [4.78, 5) is 12.0. The quantitative estimate of drug-likeness (QED) is 0.716. The van der Waals surface area contributed by atoms with Gasteiger partial charge >= 0.3 is 0 Å². The number of amides is 1. The summed E-state index contributed by atoms with van der Waals surface area (Å²) in [5, 5.41) is 2.48. The van der Waals surface area contributed by atoms with Crippen molar-refractivity contribution in [1.29, 1.82) is 0 Å². The number of rotatable bonds is 6. The van der Waals surface area contributed by atoms with Crippen LogP contribution in [0, 0.1) is 0 Å². The van der Waals surface area contributed by atoms with Gasteiger partial charge < -0.3 is 10.1 Å². The molecule has 2 rings (SSSR count). The smallest absolute Gasteiger partial charge is 0.251 e. The zero-order valence-corrected chi connectivity index (χ0v) is 14.9. The van der Waals surface area contributed by atoms with Gasteiger partial charge in [0.1, 0.15) is 9.84 Å². The highest BCUT2D eigenvalue weighted by Crippen LogP contribution is 2.17. The lowest BCUT2D eigenvalue weighted by Gasteiger charge is -2.26. The first-order chi connectivity index (χ1) is 11.2. The molecule has 10 heteroatoms. The molecule has 24 heavy (non-hydrogen) atoms. The number of nitrogens with one attached hydrogen (secondary N) is 1. The zero-order valence-electron chi connectivity index (χ0n) is 13.3. The van der Waals surface area contributed by atoms with Gasteiger partial charge in [0.05, 0.1) is 23.9 Å². The van der Waals surface area contributed by atoms with Crippen molar-refractivity contribution in [3.8, 4) is 0 Å². The van der Waals surface area contributed by atoms with Gasteiger partial charge in [0.2, 0.25) is 10.0 Å². The Hall–Kier alpha value is -1.49. The number of nitrogens with zero attached hydrogens (tertiary/aromatic N) is 1. The van der Waals surface area contributed by atoms with Gasteiger partial charge in [-0.15, -0.1) is 0 Å². The van der Waals surface area contributed by atoms with Crippen LogP contribution >= 0.6 is 0 Å². The molecule has 0 unspecified atom stereocenters. The fraction of sp³-hybridized carbons (Fsp3) is 0.500. The molecule has 1 aromatic rings. The molecule has 0 bridgehead atoms. The lowest BCUT2D eigenvalue weighted by Crippen LogP contribution is -2.40. The van der Waals surface area contributed by atoms with Crippen molar-refractivity contribution in [1.82, 2.24) is 9.62 Å². The minimum absolute atomic E-state index is 0.00545. The van der Waals surface area contributed by atoms with Crippen molar-refractivity contribution in [2.45, 2.75) is 4.90 Å². The zero-order chi connectivity index (χ0) is 17.8. The maximum Gasteiger partial charge on any atom is 0.251 e. The summed E-state index contributed by atoms with van der Waals surface area (Å²) >= 11 is 0. The minimum atomic E-state index is -3.60. The third-order valence-electron chi connectivity index (χ3n) is 3.48. The molecule has 1 aliphatic heterocycles. The third-order valence-corrected chi connectivity index (χ3v) is 6.34. The molecule has 1 fully saturated rings. The molecule has 0 atom stereocenters. The van der Waals surface area contributed by atoms with Crippen molar-refractivity contribution in [3.05, 3.63) is 29.8 Å². The SMILES string of the molecule is CS(=O)(=O)CCNC(=O)c1ccc(S(=O)(=O)N2CCOCC2)cc1. The van der Waals surface area contributed by atoms with E-state index in [4.69, 9.17) is 4.74 Å². The number of hydrogen-bond donors (Lipinski definition) is 1. The fourth-order valence-electron chi connectivity index (χ4n) is 2.17. The van der Waals surface area contributed by atoms with Crippen LogP contribution in [0.1, 0.15) is 10.4 Å². The number of benzene rings is 1. The molecule has 0 saturated carbocycles. The van der Waals surface area contributed by atoms with E-state index in [0.29, 0.717) is 26.3 Å². The van der Waals surface area contributed by atoms with E-state index in [-0.39, 0.29) is 22.8 Å². The number of sulfonamides is 1. The van der Waals surface area contributed by atoms with Gasteiger partial charge in [-0.1, -0.05) is 0 Å². The summed E-state index contributed by atoms with van der Waals surface area (Å²) in [5.74, 6) is -0.601. The maximum absolute atomic E-state index is 12.5. The van der Waals surface area contributed by atoms with Gasteiger partial charge in [-0.05, 0) is 24.3 Å². The van der Waals surface area contributed by atoms with E-state index in [0.717, 1.165) is 6.26 Å². The van der Waals surface area contributed by atoms with Gasteiger partial charge in [-0.3, -0.25) is 4.79 Å². The highest BCUT2D eigenvalue weighted by atomic mass is 32.2. The summed E-state index contributed by atoms with van der Waals surface area (Å²) in [7, 11) is -6.75. The summed E-state index contributed by atoms with van der Waals surface area (Å²) < 4.78 is 53.4. The molecule has 1 amide bonds. The number of carbonyl (C=O) groups is 1. The molecular formula is C14H20N2O6S2. The summed E-state index contributed by atoms with van der Waals surface area (Å²) in [6.07, 6.45) is 1.09. The van der Waals surface area contributed by atoms with Crippen LogP contribution in [0.2, 0.25) is 0 Å². The second kappa shape index (κ2) is 7.60. The van der Waals surface area contributed by atoms with Crippen LogP contribution in [0.5, 0.6) is 0 Å². The number of sulfone groups is 1. The predicted octanol–water partition coefficient (Wildman–Crippen LogP) is -0.518. The Morgan fingerprint density at radius 2 is 1.71 bits per heavy atom. The molecule has 0 aromatic heterocycles. The average Bonchev–Trinajstić information content (AvgIpc) is 2.54. The molecule has 134 valence electrons. The first-order valence-corrected chi connectivity index (χ1v) is 10.8. The Bertz CT molecular complexity index is 781. The third kappa shape index (κ3) is 5.00. The largest absolute Gasteiger partial charge is 0.379 e. The van der Waals surface area contributed by atoms with Crippen LogP contribution in [-0.4, -0.2) is 71.9 Å². The lowest BCUT2D eigenvalue weighted by molar-refractivity contribution is 0.0730. The van der Waals surface area contributed by atoms with E-state index in [1.54, 1.807) is 0 Å². The van der Waals surface area contributed by atoms with Gasteiger partial charge in [-0.2, -0.15) is 4.31 Å². The van der Waals surface area contributed by atoms with Crippen molar-refractivity contribution in [2.75, 3.05) is 44.9 Å². The standard InChI is InChI=1S/C14H20N2O6S2/c1-23(18,19)11-6-15-14(17)12-2-4-13(5-3-12)24(20,21)16-7-9-22-10-8-16/h2-5H,6-11H2,1H3,(H,15,17). The predicted molar refractivity (Wildman–Crippen MR) is 88.1 cm³/mol. The Morgan fingerprint density at radius 3 is 2.25 bits per heavy atom. The Balaban J connectivity index is 2.03. The number of carbonyl (C=O) groups excluding carboxylic acids is 1. The van der Waals surface area contributed by atoms with Crippen molar-refractivity contribution < 1.29 is 26.4 Å². The second-order valence-electron chi connectivity index (χ2n) is 5.43. The second-order valence-corrected chi connectivity index (χ2v) is 9.62.